The van der Waals surface area contributed by atoms with Crippen LogP contribution in [-0.2, 0) is 35.2 Å². The highest BCUT2D eigenvalue weighted by Gasteiger charge is 2.36. The van der Waals surface area contributed by atoms with Gasteiger partial charge in [-0.1, -0.05) is 42.5 Å². The third kappa shape index (κ3) is 9.31. The fourth-order valence-corrected chi connectivity index (χ4v) is 5.61. The number of aldehydes is 1. The number of hydrogen-bond acceptors (Lipinski definition) is 8. The molecule has 1 heterocycles. The van der Waals surface area contributed by atoms with Gasteiger partial charge in [0.05, 0.1) is 12.3 Å². The van der Waals surface area contributed by atoms with Crippen LogP contribution in [-0.4, -0.2) is 53.1 Å². The number of carbonyl (C=O) groups excluding carboxylic acids is 4. The molecule has 9 nitrogen and oxygen atoms in total. The van der Waals surface area contributed by atoms with Gasteiger partial charge < -0.3 is 28.6 Å². The number of carbonyl (C=O) groups is 4. The monoisotopic (exact) mass is 631 g/mol. The molecule has 3 atom stereocenters. The topological polar surface area (TPSA) is 108 Å². The molecule has 246 valence electrons. The maximum absolute atomic E-state index is 14.4. The summed E-state index contributed by atoms with van der Waals surface area (Å²) in [6, 6.07) is 19.0. The van der Waals surface area contributed by atoms with Crippen LogP contribution >= 0.6 is 0 Å². The highest BCUT2D eigenvalue weighted by molar-refractivity contribution is 5.87. The van der Waals surface area contributed by atoms with Crippen molar-refractivity contribution in [3.05, 3.63) is 71.8 Å². The van der Waals surface area contributed by atoms with E-state index in [1.807, 2.05) is 61.5 Å². The number of fused-ring (bicyclic) bond motifs is 2. The van der Waals surface area contributed by atoms with Gasteiger partial charge in [-0.05, 0) is 88.6 Å². The van der Waals surface area contributed by atoms with Crippen molar-refractivity contribution in [1.29, 1.82) is 0 Å². The molecule has 1 amide bonds. The molecule has 3 aromatic rings. The van der Waals surface area contributed by atoms with Gasteiger partial charge in [-0.25, -0.2) is 0 Å². The van der Waals surface area contributed by atoms with E-state index in [-0.39, 0.29) is 44.4 Å². The molecule has 0 spiro atoms. The van der Waals surface area contributed by atoms with Gasteiger partial charge in [0.2, 0.25) is 12.7 Å². The molecule has 0 fully saturated rings. The molecule has 3 aromatic carbocycles. The predicted molar refractivity (Wildman–Crippen MR) is 174 cm³/mol. The van der Waals surface area contributed by atoms with Gasteiger partial charge in [-0.15, -0.1) is 0 Å². The number of benzene rings is 3. The Balaban J connectivity index is 1.69. The molecular formula is C37H45NO8. The van der Waals surface area contributed by atoms with Crippen molar-refractivity contribution < 1.29 is 38.1 Å². The Labute approximate surface area is 271 Å². The normalized spacial score (nSPS) is 14.7. The first-order chi connectivity index (χ1) is 21.6. The summed E-state index contributed by atoms with van der Waals surface area (Å²) in [5, 5.41) is 2.09. The zero-order chi connectivity index (χ0) is 33.6. The Hall–Kier alpha value is -4.40. The number of hydrogen-bond donors (Lipinski definition) is 0. The summed E-state index contributed by atoms with van der Waals surface area (Å²) in [5.41, 5.74) is 0.120. The Kier molecular flexibility index (Phi) is 10.8. The lowest BCUT2D eigenvalue weighted by atomic mass is 9.87. The number of amides is 1. The van der Waals surface area contributed by atoms with Crippen molar-refractivity contribution >= 4 is 34.9 Å². The molecule has 1 aliphatic heterocycles. The van der Waals surface area contributed by atoms with E-state index in [1.165, 1.54) is 0 Å². The van der Waals surface area contributed by atoms with Crippen LogP contribution in [0.5, 0.6) is 11.5 Å². The summed E-state index contributed by atoms with van der Waals surface area (Å²) in [7, 11) is 0. The van der Waals surface area contributed by atoms with E-state index in [9.17, 15) is 19.2 Å². The molecule has 0 saturated carbocycles. The van der Waals surface area contributed by atoms with Crippen molar-refractivity contribution in [2.75, 3.05) is 6.79 Å². The largest absolute Gasteiger partial charge is 0.460 e. The van der Waals surface area contributed by atoms with E-state index in [4.69, 9.17) is 18.9 Å². The molecule has 4 rings (SSSR count). The summed E-state index contributed by atoms with van der Waals surface area (Å²) in [5.74, 6) is -1.85. The molecule has 0 saturated heterocycles. The van der Waals surface area contributed by atoms with E-state index in [0.29, 0.717) is 11.5 Å². The van der Waals surface area contributed by atoms with E-state index in [2.05, 4.69) is 0 Å². The summed E-state index contributed by atoms with van der Waals surface area (Å²) in [6.45, 7) is 12.7. The Bertz CT molecular complexity index is 1570. The van der Waals surface area contributed by atoms with Gasteiger partial charge in [-0.3, -0.25) is 14.4 Å². The molecule has 0 bridgehead atoms. The maximum atomic E-state index is 14.4. The Morgan fingerprint density at radius 1 is 0.848 bits per heavy atom. The number of esters is 2. The van der Waals surface area contributed by atoms with Crippen molar-refractivity contribution in [2.45, 2.75) is 97.4 Å². The second-order valence-electron chi connectivity index (χ2n) is 13.8. The molecule has 0 aliphatic carbocycles. The lowest BCUT2D eigenvalue weighted by molar-refractivity contribution is -0.168. The van der Waals surface area contributed by atoms with Gasteiger partial charge >= 0.3 is 11.9 Å². The van der Waals surface area contributed by atoms with Gasteiger partial charge in [0.1, 0.15) is 17.5 Å². The van der Waals surface area contributed by atoms with Crippen LogP contribution in [0.1, 0.15) is 84.8 Å². The third-order valence-electron chi connectivity index (χ3n) is 7.73. The fraction of sp³-hybridized carbons (Fsp3) is 0.459. The van der Waals surface area contributed by atoms with Crippen LogP contribution in [0.15, 0.2) is 60.7 Å². The minimum atomic E-state index is -1.07. The summed E-state index contributed by atoms with van der Waals surface area (Å²) < 4.78 is 22.2. The average molecular weight is 632 g/mol. The molecular weight excluding hydrogens is 586 g/mol. The number of ether oxygens (including phenoxy) is 4. The molecule has 46 heavy (non-hydrogen) atoms. The fourth-order valence-electron chi connectivity index (χ4n) is 5.61. The van der Waals surface area contributed by atoms with Crippen LogP contribution in [0.2, 0.25) is 0 Å². The van der Waals surface area contributed by atoms with Crippen LogP contribution in [0, 0.1) is 5.92 Å². The molecule has 9 heteroatoms. The zero-order valence-electron chi connectivity index (χ0n) is 27.8. The molecule has 0 aromatic heterocycles. The quantitative estimate of drug-likeness (QED) is 0.160. The van der Waals surface area contributed by atoms with Gasteiger partial charge in [0.25, 0.3) is 0 Å². The second kappa shape index (κ2) is 14.4. The van der Waals surface area contributed by atoms with Crippen LogP contribution < -0.4 is 9.47 Å². The molecule has 0 N–H and O–H groups in total. The first-order valence-corrected chi connectivity index (χ1v) is 15.7. The second-order valence-corrected chi connectivity index (χ2v) is 13.8. The smallest absolute Gasteiger partial charge is 0.310 e. The molecule has 2 unspecified atom stereocenters. The highest BCUT2D eigenvalue weighted by Crippen LogP contribution is 2.37. The minimum absolute atomic E-state index is 0.114. The van der Waals surface area contributed by atoms with Crippen molar-refractivity contribution in [2.24, 2.45) is 5.92 Å². The van der Waals surface area contributed by atoms with Crippen LogP contribution in [0.25, 0.3) is 10.8 Å². The highest BCUT2D eigenvalue weighted by atomic mass is 16.7. The van der Waals surface area contributed by atoms with Gasteiger partial charge in [0.15, 0.2) is 11.5 Å². The van der Waals surface area contributed by atoms with E-state index in [0.717, 1.165) is 28.2 Å². The van der Waals surface area contributed by atoms with Crippen molar-refractivity contribution in [3.8, 4) is 11.5 Å². The van der Waals surface area contributed by atoms with E-state index in [1.54, 1.807) is 52.5 Å². The Morgan fingerprint density at radius 3 is 2.20 bits per heavy atom. The summed E-state index contributed by atoms with van der Waals surface area (Å²) in [6.07, 6.45) is 0.406. The molecule has 1 aliphatic rings. The first kappa shape index (κ1) is 34.5. The summed E-state index contributed by atoms with van der Waals surface area (Å²) in [4.78, 5) is 54.3. The zero-order valence-corrected chi connectivity index (χ0v) is 27.8. The van der Waals surface area contributed by atoms with E-state index >= 15 is 0 Å². The van der Waals surface area contributed by atoms with Crippen molar-refractivity contribution in [1.82, 2.24) is 4.90 Å². The lowest BCUT2D eigenvalue weighted by Gasteiger charge is -2.36. The van der Waals surface area contributed by atoms with E-state index < -0.39 is 35.1 Å². The Morgan fingerprint density at radius 2 is 1.52 bits per heavy atom. The van der Waals surface area contributed by atoms with Gasteiger partial charge in [-0.2, -0.15) is 0 Å². The van der Waals surface area contributed by atoms with Crippen LogP contribution in [0.3, 0.4) is 0 Å². The minimum Gasteiger partial charge on any atom is -0.460 e. The number of nitrogens with zero attached hydrogens (tertiary/aromatic N) is 1. The van der Waals surface area contributed by atoms with Gasteiger partial charge in [0, 0.05) is 31.3 Å². The third-order valence-corrected chi connectivity index (χ3v) is 7.73. The average Bonchev–Trinajstić information content (AvgIpc) is 3.44. The van der Waals surface area contributed by atoms with Crippen LogP contribution in [0.4, 0.5) is 0 Å². The lowest BCUT2D eigenvalue weighted by Crippen LogP contribution is -2.43. The van der Waals surface area contributed by atoms with Crippen molar-refractivity contribution in [3.63, 3.8) is 0 Å². The first-order valence-electron chi connectivity index (χ1n) is 15.7. The maximum Gasteiger partial charge on any atom is 0.310 e. The summed E-state index contributed by atoms with van der Waals surface area (Å²) >= 11 is 0. The molecule has 0 radical (unpaired) electrons. The SMILES string of the molecule is CC(C(CC=O)c1ccc2c(c1)OCO2)N(Cc1ccc2ccccc2c1)C(=O)C[C@H](CC(=O)OC(C)(C)C)C(=O)OC(C)(C)C. The standard InChI is InChI=1S/C37H45NO8/c1-24(30(16-17-39)28-14-15-31-32(19-28)44-23-43-31)38(22-25-12-13-26-10-8-9-11-27(26)18-25)33(40)20-29(35(42)46-37(5,6)7)21-34(41)45-36(2,3)4/h8-15,17-19,24,29-30H,16,20-23H2,1-7H3/t24?,29-,30?/m1/s1. The number of rotatable bonds is 12. The predicted octanol–water partition coefficient (Wildman–Crippen LogP) is 6.74.